The molecule has 16 heavy (non-hydrogen) atoms. The topological polar surface area (TPSA) is 77.3 Å². The smallest absolute Gasteiger partial charge is 0.406 e. The average Bonchev–Trinajstić information content (AvgIpc) is 2.23. The summed E-state index contributed by atoms with van der Waals surface area (Å²) in [4.78, 5) is 13.8. The van der Waals surface area contributed by atoms with E-state index in [1.165, 1.54) is 6.20 Å². The molecule has 0 spiro atoms. The molecule has 0 atom stereocenters. The van der Waals surface area contributed by atoms with Gasteiger partial charge in [0.1, 0.15) is 12.3 Å². The van der Waals surface area contributed by atoms with Crippen molar-refractivity contribution in [2.45, 2.75) is 25.0 Å². The molecule has 2 rings (SSSR count). The highest BCUT2D eigenvalue weighted by Crippen LogP contribution is 2.30. The zero-order valence-electron chi connectivity index (χ0n) is 8.92. The maximum absolute atomic E-state index is 10.7. The van der Waals surface area contributed by atoms with Gasteiger partial charge >= 0.3 is 5.82 Å². The highest BCUT2D eigenvalue weighted by molar-refractivity contribution is 5.38. The Hall–Kier alpha value is -1.69. The van der Waals surface area contributed by atoms with Crippen molar-refractivity contribution >= 4 is 5.82 Å². The van der Waals surface area contributed by atoms with E-state index >= 15 is 0 Å². The van der Waals surface area contributed by atoms with Gasteiger partial charge in [0, 0.05) is 6.04 Å². The molecule has 1 saturated carbocycles. The van der Waals surface area contributed by atoms with Crippen LogP contribution in [0, 0.1) is 10.1 Å². The summed E-state index contributed by atoms with van der Waals surface area (Å²) in [6.07, 6.45) is 3.20. The van der Waals surface area contributed by atoms with Crippen LogP contribution in [0.3, 0.4) is 0 Å². The maximum atomic E-state index is 10.7. The minimum Gasteiger partial charge on any atom is -0.482 e. The van der Waals surface area contributed by atoms with Crippen molar-refractivity contribution < 1.29 is 9.66 Å². The van der Waals surface area contributed by atoms with E-state index in [9.17, 15) is 10.1 Å². The summed E-state index contributed by atoms with van der Waals surface area (Å²) in [6, 6.07) is 3.68. The number of hydrogen-bond acceptors (Lipinski definition) is 5. The van der Waals surface area contributed by atoms with Gasteiger partial charge in [0.05, 0.1) is 0 Å². The van der Waals surface area contributed by atoms with Crippen LogP contribution in [-0.4, -0.2) is 29.1 Å². The Balaban J connectivity index is 2.02. The number of hydrogen-bond donors (Lipinski definition) is 1. The molecule has 1 aliphatic rings. The van der Waals surface area contributed by atoms with Crippen molar-refractivity contribution in [3.05, 3.63) is 28.4 Å². The molecule has 1 aromatic rings. The quantitative estimate of drug-likeness (QED) is 0.611. The molecule has 6 heteroatoms. The maximum Gasteiger partial charge on any atom is 0.406 e. The fraction of sp³-hybridized carbons (Fsp3) is 0.500. The zero-order chi connectivity index (χ0) is 11.5. The van der Waals surface area contributed by atoms with Crippen LogP contribution >= 0.6 is 0 Å². The van der Waals surface area contributed by atoms with Crippen molar-refractivity contribution in [3.8, 4) is 5.75 Å². The molecule has 0 aliphatic heterocycles. The molecule has 0 saturated heterocycles. The Bertz CT molecular complexity index is 391. The van der Waals surface area contributed by atoms with E-state index in [0.29, 0.717) is 6.04 Å². The molecular formula is C10H13N3O3. The molecule has 0 unspecified atom stereocenters. The third-order valence-electron chi connectivity index (χ3n) is 2.72. The SMILES string of the molecule is CNC1CC(Oc2cccnc2[N+](=O)[O-])C1. The van der Waals surface area contributed by atoms with Gasteiger partial charge in [-0.25, -0.2) is 0 Å². The first kappa shape index (κ1) is 10.8. The third kappa shape index (κ3) is 2.11. The summed E-state index contributed by atoms with van der Waals surface area (Å²) in [5.41, 5.74) is 0. The second-order valence-electron chi connectivity index (χ2n) is 3.78. The first-order valence-electron chi connectivity index (χ1n) is 5.14. The first-order chi connectivity index (χ1) is 7.70. The second-order valence-corrected chi connectivity index (χ2v) is 3.78. The number of rotatable bonds is 4. The van der Waals surface area contributed by atoms with Crippen LogP contribution < -0.4 is 10.1 Å². The molecule has 6 nitrogen and oxygen atoms in total. The second kappa shape index (κ2) is 4.44. The molecule has 1 aromatic heterocycles. The van der Waals surface area contributed by atoms with Crippen LogP contribution in [0.4, 0.5) is 5.82 Å². The Morgan fingerprint density at radius 1 is 1.62 bits per heavy atom. The summed E-state index contributed by atoms with van der Waals surface area (Å²) >= 11 is 0. The molecule has 1 heterocycles. The van der Waals surface area contributed by atoms with Gasteiger partial charge in [-0.2, -0.15) is 0 Å². The van der Waals surface area contributed by atoms with Crippen molar-refractivity contribution in [2.24, 2.45) is 0 Å². The minimum absolute atomic E-state index is 0.0559. The molecule has 0 bridgehead atoms. The third-order valence-corrected chi connectivity index (χ3v) is 2.72. The van der Waals surface area contributed by atoms with Gasteiger partial charge in [-0.05, 0) is 41.9 Å². The summed E-state index contributed by atoms with van der Waals surface area (Å²) in [6.45, 7) is 0. The number of nitro groups is 1. The molecule has 1 fully saturated rings. The summed E-state index contributed by atoms with van der Waals surface area (Å²) in [5, 5.41) is 13.8. The highest BCUT2D eigenvalue weighted by atomic mass is 16.6. The van der Waals surface area contributed by atoms with Gasteiger partial charge in [0.2, 0.25) is 5.75 Å². The van der Waals surface area contributed by atoms with Crippen molar-refractivity contribution in [2.75, 3.05) is 7.05 Å². The lowest BCUT2D eigenvalue weighted by Gasteiger charge is -2.34. The van der Waals surface area contributed by atoms with Crippen molar-refractivity contribution in [1.82, 2.24) is 10.3 Å². The van der Waals surface area contributed by atoms with Crippen molar-refractivity contribution in [1.29, 1.82) is 0 Å². The van der Waals surface area contributed by atoms with Gasteiger partial charge in [-0.3, -0.25) is 0 Å². The molecule has 86 valence electrons. The minimum atomic E-state index is -0.524. The standard InChI is InChI=1S/C10H13N3O3/c1-11-7-5-8(6-7)16-9-3-2-4-12-10(9)13(14)15/h2-4,7-8,11H,5-6H2,1H3. The van der Waals surface area contributed by atoms with E-state index in [1.807, 2.05) is 7.05 Å². The van der Waals surface area contributed by atoms with E-state index in [1.54, 1.807) is 12.1 Å². The molecule has 1 N–H and O–H groups in total. The Morgan fingerprint density at radius 3 is 3.00 bits per heavy atom. The number of nitrogens with one attached hydrogen (secondary N) is 1. The monoisotopic (exact) mass is 223 g/mol. The molecular weight excluding hydrogens is 210 g/mol. The van der Waals surface area contributed by atoms with Gasteiger partial charge in [0.15, 0.2) is 0 Å². The van der Waals surface area contributed by atoms with Crippen molar-refractivity contribution in [3.63, 3.8) is 0 Å². The van der Waals surface area contributed by atoms with Crippen LogP contribution in [0.5, 0.6) is 5.75 Å². The number of ether oxygens (including phenoxy) is 1. The van der Waals surface area contributed by atoms with E-state index in [-0.39, 0.29) is 17.7 Å². The van der Waals surface area contributed by atoms with E-state index in [2.05, 4.69) is 10.3 Å². The molecule has 0 aromatic carbocycles. The van der Waals surface area contributed by atoms with Crippen LogP contribution in [-0.2, 0) is 0 Å². The van der Waals surface area contributed by atoms with Crippen LogP contribution in [0.25, 0.3) is 0 Å². The van der Waals surface area contributed by atoms with Gasteiger partial charge in [0.25, 0.3) is 0 Å². The Kier molecular flexibility index (Phi) is 3.00. The Labute approximate surface area is 92.8 Å². The number of nitrogens with zero attached hydrogens (tertiary/aromatic N) is 2. The largest absolute Gasteiger partial charge is 0.482 e. The van der Waals surface area contributed by atoms with E-state index < -0.39 is 4.92 Å². The molecule has 0 radical (unpaired) electrons. The summed E-state index contributed by atoms with van der Waals surface area (Å²) in [7, 11) is 1.90. The Morgan fingerprint density at radius 2 is 2.38 bits per heavy atom. The predicted molar refractivity (Wildman–Crippen MR) is 57.4 cm³/mol. The lowest BCUT2D eigenvalue weighted by atomic mass is 9.89. The summed E-state index contributed by atoms with van der Waals surface area (Å²) in [5.74, 6) is 0.0439. The number of pyridine rings is 1. The predicted octanol–water partition coefficient (Wildman–Crippen LogP) is 1.12. The first-order valence-corrected chi connectivity index (χ1v) is 5.14. The molecule has 0 amide bonds. The molecule has 1 aliphatic carbocycles. The average molecular weight is 223 g/mol. The fourth-order valence-electron chi connectivity index (χ4n) is 1.69. The lowest BCUT2D eigenvalue weighted by molar-refractivity contribution is -0.390. The fourth-order valence-corrected chi connectivity index (χ4v) is 1.69. The van der Waals surface area contributed by atoms with E-state index in [0.717, 1.165) is 12.8 Å². The van der Waals surface area contributed by atoms with Crippen LogP contribution in [0.1, 0.15) is 12.8 Å². The van der Waals surface area contributed by atoms with Gasteiger partial charge < -0.3 is 20.2 Å². The lowest BCUT2D eigenvalue weighted by Crippen LogP contribution is -2.45. The summed E-state index contributed by atoms with van der Waals surface area (Å²) < 4.78 is 5.53. The van der Waals surface area contributed by atoms with Gasteiger partial charge in [-0.15, -0.1) is 0 Å². The normalized spacial score (nSPS) is 23.6. The number of aromatic nitrogens is 1. The highest BCUT2D eigenvalue weighted by Gasteiger charge is 2.31. The zero-order valence-corrected chi connectivity index (χ0v) is 8.92. The van der Waals surface area contributed by atoms with Crippen LogP contribution in [0.2, 0.25) is 0 Å². The van der Waals surface area contributed by atoms with Crippen LogP contribution in [0.15, 0.2) is 18.3 Å². The van der Waals surface area contributed by atoms with Gasteiger partial charge in [-0.1, -0.05) is 0 Å². The van der Waals surface area contributed by atoms with E-state index in [4.69, 9.17) is 4.74 Å².